The number of hydrogen-bond acceptors (Lipinski definition) is 3. The first-order chi connectivity index (χ1) is 8.29. The van der Waals surface area contributed by atoms with E-state index in [4.69, 9.17) is 4.74 Å². The van der Waals surface area contributed by atoms with Gasteiger partial charge in [-0.2, -0.15) is 0 Å². The Morgan fingerprint density at radius 1 is 1.29 bits per heavy atom. The Morgan fingerprint density at radius 3 is 2.65 bits per heavy atom. The van der Waals surface area contributed by atoms with Crippen LogP contribution in [0.2, 0.25) is 0 Å². The summed E-state index contributed by atoms with van der Waals surface area (Å²) in [6.45, 7) is 0.925. The summed E-state index contributed by atoms with van der Waals surface area (Å²) in [5, 5.41) is 13.1. The van der Waals surface area contributed by atoms with Gasteiger partial charge in [0.2, 0.25) is 0 Å². The normalized spacial score (nSPS) is 23.9. The average Bonchev–Trinajstić information content (AvgIpc) is 2.76. The molecule has 1 aromatic rings. The van der Waals surface area contributed by atoms with E-state index in [-0.39, 0.29) is 6.10 Å². The van der Waals surface area contributed by atoms with Crippen molar-refractivity contribution >= 4 is 0 Å². The Morgan fingerprint density at radius 2 is 2.06 bits per heavy atom. The second-order valence-electron chi connectivity index (χ2n) is 4.66. The number of benzene rings is 1. The molecule has 0 heterocycles. The zero-order valence-electron chi connectivity index (χ0n) is 10.4. The summed E-state index contributed by atoms with van der Waals surface area (Å²) in [7, 11) is 1.68. The maximum atomic E-state index is 9.68. The topological polar surface area (TPSA) is 41.5 Å². The summed E-state index contributed by atoms with van der Waals surface area (Å²) < 4.78 is 5.12. The van der Waals surface area contributed by atoms with E-state index in [1.54, 1.807) is 7.11 Å². The lowest BCUT2D eigenvalue weighted by molar-refractivity contribution is 0.149. The first-order valence-corrected chi connectivity index (χ1v) is 6.34. The van der Waals surface area contributed by atoms with Gasteiger partial charge in [-0.25, -0.2) is 0 Å². The van der Waals surface area contributed by atoms with Crippen LogP contribution in [-0.4, -0.2) is 30.9 Å². The molecule has 1 aliphatic rings. The third kappa shape index (κ3) is 3.45. The Bertz CT molecular complexity index is 337. The van der Waals surface area contributed by atoms with Crippen LogP contribution in [0.3, 0.4) is 0 Å². The zero-order valence-corrected chi connectivity index (χ0v) is 10.4. The lowest BCUT2D eigenvalue weighted by Gasteiger charge is -2.16. The Hall–Kier alpha value is -1.06. The van der Waals surface area contributed by atoms with E-state index in [9.17, 15) is 5.11 Å². The molecule has 94 valence electrons. The van der Waals surface area contributed by atoms with E-state index >= 15 is 0 Å². The summed E-state index contributed by atoms with van der Waals surface area (Å²) in [5.41, 5.74) is 1.30. The van der Waals surface area contributed by atoms with E-state index in [0.29, 0.717) is 6.04 Å². The maximum Gasteiger partial charge on any atom is 0.118 e. The second kappa shape index (κ2) is 6.03. The Labute approximate surface area is 103 Å². The van der Waals surface area contributed by atoms with E-state index in [2.05, 4.69) is 17.4 Å². The molecule has 1 aromatic carbocycles. The zero-order chi connectivity index (χ0) is 12.1. The molecule has 0 radical (unpaired) electrons. The number of nitrogens with one attached hydrogen (secondary N) is 1. The highest BCUT2D eigenvalue weighted by atomic mass is 16.5. The third-order valence-corrected chi connectivity index (χ3v) is 3.46. The van der Waals surface area contributed by atoms with Gasteiger partial charge in [-0.1, -0.05) is 12.1 Å². The largest absolute Gasteiger partial charge is 0.497 e. The number of ether oxygens (including phenoxy) is 1. The average molecular weight is 235 g/mol. The van der Waals surface area contributed by atoms with E-state index < -0.39 is 0 Å². The summed E-state index contributed by atoms with van der Waals surface area (Å²) in [5.74, 6) is 0.896. The van der Waals surface area contributed by atoms with Gasteiger partial charge in [0.1, 0.15) is 5.75 Å². The second-order valence-corrected chi connectivity index (χ2v) is 4.66. The molecule has 0 spiro atoms. The number of hydrogen-bond donors (Lipinski definition) is 2. The summed E-state index contributed by atoms with van der Waals surface area (Å²) in [4.78, 5) is 0. The van der Waals surface area contributed by atoms with Gasteiger partial charge in [0.15, 0.2) is 0 Å². The summed E-state index contributed by atoms with van der Waals surface area (Å²) >= 11 is 0. The van der Waals surface area contributed by atoms with Crippen molar-refractivity contribution in [1.82, 2.24) is 5.32 Å². The van der Waals surface area contributed by atoms with Crippen molar-refractivity contribution in [2.24, 2.45) is 0 Å². The molecule has 2 N–H and O–H groups in total. The highest BCUT2D eigenvalue weighted by Gasteiger charge is 2.23. The first-order valence-electron chi connectivity index (χ1n) is 6.34. The Balaban J connectivity index is 1.73. The van der Waals surface area contributed by atoms with Crippen molar-refractivity contribution in [3.8, 4) is 5.75 Å². The molecule has 0 aromatic heterocycles. The lowest BCUT2D eigenvalue weighted by atomic mass is 10.1. The van der Waals surface area contributed by atoms with Crippen LogP contribution < -0.4 is 10.1 Å². The predicted octanol–water partition coefficient (Wildman–Crippen LogP) is 1.74. The fraction of sp³-hybridized carbons (Fsp3) is 0.571. The van der Waals surface area contributed by atoms with E-state index in [1.807, 2.05) is 12.1 Å². The molecular weight excluding hydrogens is 214 g/mol. The van der Waals surface area contributed by atoms with Gasteiger partial charge in [-0.15, -0.1) is 0 Å². The minimum Gasteiger partial charge on any atom is -0.497 e. The van der Waals surface area contributed by atoms with Crippen molar-refractivity contribution in [2.45, 2.75) is 37.8 Å². The van der Waals surface area contributed by atoms with Gasteiger partial charge < -0.3 is 15.2 Å². The number of rotatable bonds is 5. The van der Waals surface area contributed by atoms with Gasteiger partial charge in [-0.05, 0) is 49.9 Å². The molecule has 1 aliphatic carbocycles. The lowest BCUT2D eigenvalue weighted by Crippen LogP contribution is -2.36. The quantitative estimate of drug-likeness (QED) is 0.817. The van der Waals surface area contributed by atoms with Gasteiger partial charge in [0, 0.05) is 6.04 Å². The van der Waals surface area contributed by atoms with Crippen molar-refractivity contribution in [2.75, 3.05) is 13.7 Å². The van der Waals surface area contributed by atoms with Gasteiger partial charge in [0.05, 0.1) is 13.2 Å². The fourth-order valence-electron chi connectivity index (χ4n) is 2.37. The highest BCUT2D eigenvalue weighted by molar-refractivity contribution is 5.27. The van der Waals surface area contributed by atoms with Gasteiger partial charge in [0.25, 0.3) is 0 Å². The molecule has 0 bridgehead atoms. The molecule has 0 amide bonds. The minimum atomic E-state index is -0.147. The Kier molecular flexibility index (Phi) is 4.40. The summed E-state index contributed by atoms with van der Waals surface area (Å²) in [6, 6.07) is 8.45. The van der Waals surface area contributed by atoms with Crippen LogP contribution in [0.15, 0.2) is 24.3 Å². The molecule has 0 saturated heterocycles. The molecule has 3 heteroatoms. The highest BCUT2D eigenvalue weighted by Crippen LogP contribution is 2.18. The fourth-order valence-corrected chi connectivity index (χ4v) is 2.37. The third-order valence-electron chi connectivity index (χ3n) is 3.46. The van der Waals surface area contributed by atoms with Crippen molar-refractivity contribution in [3.63, 3.8) is 0 Å². The summed E-state index contributed by atoms with van der Waals surface area (Å²) in [6.07, 6.45) is 4.03. The van der Waals surface area contributed by atoms with Crippen LogP contribution in [-0.2, 0) is 6.42 Å². The van der Waals surface area contributed by atoms with Crippen LogP contribution in [0.1, 0.15) is 24.8 Å². The van der Waals surface area contributed by atoms with Crippen molar-refractivity contribution < 1.29 is 9.84 Å². The first kappa shape index (κ1) is 12.4. The number of aliphatic hydroxyl groups excluding tert-OH is 1. The molecule has 2 rings (SSSR count). The van der Waals surface area contributed by atoms with Crippen molar-refractivity contribution in [1.29, 1.82) is 0 Å². The molecule has 2 unspecified atom stereocenters. The van der Waals surface area contributed by atoms with Crippen LogP contribution in [0.25, 0.3) is 0 Å². The van der Waals surface area contributed by atoms with Crippen LogP contribution >= 0.6 is 0 Å². The number of aliphatic hydroxyl groups is 1. The molecule has 17 heavy (non-hydrogen) atoms. The van der Waals surface area contributed by atoms with Crippen LogP contribution in [0, 0.1) is 0 Å². The van der Waals surface area contributed by atoms with E-state index in [0.717, 1.165) is 38.0 Å². The van der Waals surface area contributed by atoms with Crippen LogP contribution in [0.5, 0.6) is 5.75 Å². The number of methoxy groups -OCH3 is 1. The maximum absolute atomic E-state index is 9.68. The molecule has 3 nitrogen and oxygen atoms in total. The monoisotopic (exact) mass is 235 g/mol. The molecule has 1 saturated carbocycles. The SMILES string of the molecule is COc1ccc(CCNC2CCCC2O)cc1. The molecular formula is C14H21NO2. The molecule has 1 fully saturated rings. The van der Waals surface area contributed by atoms with Gasteiger partial charge in [-0.3, -0.25) is 0 Å². The molecule has 0 aliphatic heterocycles. The minimum absolute atomic E-state index is 0.147. The van der Waals surface area contributed by atoms with E-state index in [1.165, 1.54) is 5.56 Å². The van der Waals surface area contributed by atoms with Crippen molar-refractivity contribution in [3.05, 3.63) is 29.8 Å². The standard InChI is InChI=1S/C14H21NO2/c1-17-12-7-5-11(6-8-12)9-10-15-13-3-2-4-14(13)16/h5-8,13-16H,2-4,9-10H2,1H3. The van der Waals surface area contributed by atoms with Gasteiger partial charge >= 0.3 is 0 Å². The van der Waals surface area contributed by atoms with Crippen LogP contribution in [0.4, 0.5) is 0 Å². The smallest absolute Gasteiger partial charge is 0.118 e. The molecule has 2 atom stereocenters. The predicted molar refractivity (Wildman–Crippen MR) is 68.3 cm³/mol.